The monoisotopic (exact) mass is 315 g/mol. The Labute approximate surface area is 124 Å². The minimum absolute atomic E-state index is 0.177. The second-order valence-corrected chi connectivity index (χ2v) is 7.07. The lowest BCUT2D eigenvalue weighted by Crippen LogP contribution is -2.32. The molecule has 0 heterocycles. The molecule has 0 bridgehead atoms. The van der Waals surface area contributed by atoms with Gasteiger partial charge in [-0.3, -0.25) is 9.36 Å². The summed E-state index contributed by atoms with van der Waals surface area (Å²) in [4.78, 5) is 30.1. The van der Waals surface area contributed by atoms with Gasteiger partial charge in [0.1, 0.15) is 6.04 Å². The molecule has 6 nitrogen and oxygen atoms in total. The fourth-order valence-corrected chi connectivity index (χ4v) is 3.84. The summed E-state index contributed by atoms with van der Waals surface area (Å²) in [5, 5.41) is 7.59. The first kappa shape index (κ1) is 17.9. The van der Waals surface area contributed by atoms with Gasteiger partial charge in [0.2, 0.25) is 0 Å². The molecule has 1 rings (SSSR count). The van der Waals surface area contributed by atoms with Gasteiger partial charge in [-0.2, -0.15) is 0 Å². The summed E-state index contributed by atoms with van der Waals surface area (Å²) < 4.78 is 11.9. The molecule has 0 saturated carbocycles. The second-order valence-electron chi connectivity index (χ2n) is 5.13. The van der Waals surface area contributed by atoms with Crippen molar-refractivity contribution in [2.45, 2.75) is 44.3 Å². The van der Waals surface area contributed by atoms with Crippen molar-refractivity contribution >= 4 is 13.6 Å². The van der Waals surface area contributed by atoms with Crippen molar-refractivity contribution in [1.82, 2.24) is 0 Å². The van der Waals surface area contributed by atoms with Crippen LogP contribution in [0, 0.1) is 0 Å². The largest absolute Gasteiger partial charge is 0.480 e. The molecular weight excluding hydrogens is 293 g/mol. The number of aliphatic carboxylic acids is 1. The van der Waals surface area contributed by atoms with Gasteiger partial charge in [-0.05, 0) is 30.4 Å². The third-order valence-corrected chi connectivity index (χ3v) is 6.00. The van der Waals surface area contributed by atoms with Gasteiger partial charge in [0.05, 0.1) is 5.16 Å². The first-order chi connectivity index (χ1) is 9.67. The molecule has 1 unspecified atom stereocenters. The van der Waals surface area contributed by atoms with Crippen LogP contribution in [0.15, 0.2) is 24.3 Å². The van der Waals surface area contributed by atoms with E-state index in [1.54, 1.807) is 38.1 Å². The van der Waals surface area contributed by atoms with Gasteiger partial charge in [0, 0.05) is 0 Å². The van der Waals surface area contributed by atoms with Crippen molar-refractivity contribution in [2.24, 2.45) is 5.73 Å². The van der Waals surface area contributed by atoms with Crippen LogP contribution in [0.25, 0.3) is 0 Å². The highest BCUT2D eigenvalue weighted by molar-refractivity contribution is 7.53. The van der Waals surface area contributed by atoms with Crippen LogP contribution >= 0.6 is 7.60 Å². The third kappa shape index (κ3) is 3.71. The zero-order chi connectivity index (χ0) is 16.3. The number of hydrogen-bond acceptors (Lipinski definition) is 3. The number of carboxylic acid groups (broad SMARTS) is 1. The molecule has 0 aromatic heterocycles. The molecule has 1 aromatic rings. The summed E-state index contributed by atoms with van der Waals surface area (Å²) in [6.07, 6.45) is 0.820. The Balaban J connectivity index is 3.10. The lowest BCUT2D eigenvalue weighted by atomic mass is 9.91. The predicted molar refractivity (Wildman–Crippen MR) is 80.1 cm³/mol. The normalized spacial score (nSPS) is 14.0. The van der Waals surface area contributed by atoms with Gasteiger partial charge in [-0.1, -0.05) is 38.1 Å². The van der Waals surface area contributed by atoms with Crippen molar-refractivity contribution in [2.75, 3.05) is 0 Å². The Morgan fingerprint density at radius 3 is 2.05 bits per heavy atom. The van der Waals surface area contributed by atoms with Crippen LogP contribution in [0.2, 0.25) is 0 Å². The van der Waals surface area contributed by atoms with Gasteiger partial charge in [-0.25, -0.2) is 0 Å². The Morgan fingerprint density at radius 2 is 1.71 bits per heavy atom. The number of carboxylic acids is 1. The number of nitrogens with two attached hydrogens (primary N) is 1. The number of hydrogen-bond donors (Lipinski definition) is 4. The van der Waals surface area contributed by atoms with E-state index >= 15 is 0 Å². The van der Waals surface area contributed by atoms with Crippen molar-refractivity contribution in [3.05, 3.63) is 35.4 Å². The van der Waals surface area contributed by atoms with Crippen LogP contribution in [0.1, 0.15) is 37.8 Å². The van der Waals surface area contributed by atoms with E-state index in [2.05, 4.69) is 0 Å². The standard InChI is InChI=1S/C14H22NO5P/c1-3-14(4-2,21(18,19)20)11-7-5-10(6-8-11)9-12(15)13(16)17/h5-8,12H,3-4,9,15H2,1-2H3,(H,16,17)(H2,18,19,20). The van der Waals surface area contributed by atoms with E-state index in [1.807, 2.05) is 0 Å². The Hall–Kier alpha value is -1.20. The molecule has 0 amide bonds. The van der Waals surface area contributed by atoms with Crippen molar-refractivity contribution in [3.63, 3.8) is 0 Å². The predicted octanol–water partition coefficient (Wildman–Crippen LogP) is 1.83. The highest BCUT2D eigenvalue weighted by atomic mass is 31.2. The molecule has 0 aliphatic rings. The molecule has 5 N–H and O–H groups in total. The third-order valence-electron chi connectivity index (χ3n) is 3.99. The summed E-state index contributed by atoms with van der Waals surface area (Å²) in [6, 6.07) is 5.66. The van der Waals surface area contributed by atoms with Crippen molar-refractivity contribution < 1.29 is 24.3 Å². The lowest BCUT2D eigenvalue weighted by molar-refractivity contribution is -0.138. The number of carbonyl (C=O) groups is 1. The van der Waals surface area contributed by atoms with E-state index in [4.69, 9.17) is 10.8 Å². The summed E-state index contributed by atoms with van der Waals surface area (Å²) in [7, 11) is -4.31. The molecule has 0 aliphatic carbocycles. The van der Waals surface area contributed by atoms with Crippen LogP contribution in [0.3, 0.4) is 0 Å². The quantitative estimate of drug-likeness (QED) is 0.570. The zero-order valence-electron chi connectivity index (χ0n) is 12.2. The number of rotatable bonds is 7. The van der Waals surface area contributed by atoms with Crippen LogP contribution in [0.5, 0.6) is 0 Å². The summed E-state index contributed by atoms with van der Waals surface area (Å²) in [5.74, 6) is -1.08. The smallest absolute Gasteiger partial charge is 0.335 e. The van der Waals surface area contributed by atoms with Gasteiger partial charge >= 0.3 is 13.6 Å². The van der Waals surface area contributed by atoms with Crippen LogP contribution in [-0.4, -0.2) is 26.9 Å². The topological polar surface area (TPSA) is 121 Å². The average Bonchev–Trinajstić information content (AvgIpc) is 2.40. The Kier molecular flexibility index (Phi) is 5.70. The fraction of sp³-hybridized carbons (Fsp3) is 0.500. The van der Waals surface area contributed by atoms with Gasteiger partial charge in [0.25, 0.3) is 0 Å². The summed E-state index contributed by atoms with van der Waals surface area (Å²) >= 11 is 0. The molecule has 0 radical (unpaired) electrons. The highest BCUT2D eigenvalue weighted by Crippen LogP contribution is 2.60. The molecule has 1 atom stereocenters. The second kappa shape index (κ2) is 6.71. The number of benzene rings is 1. The minimum Gasteiger partial charge on any atom is -0.480 e. The average molecular weight is 315 g/mol. The Bertz CT molecular complexity index is 533. The summed E-state index contributed by atoms with van der Waals surface area (Å²) in [5.41, 5.74) is 6.76. The maximum atomic E-state index is 11.9. The van der Waals surface area contributed by atoms with Crippen LogP contribution < -0.4 is 5.73 Å². The van der Waals surface area contributed by atoms with E-state index in [0.717, 1.165) is 5.56 Å². The zero-order valence-corrected chi connectivity index (χ0v) is 13.1. The highest BCUT2D eigenvalue weighted by Gasteiger charge is 2.45. The molecule has 1 aromatic carbocycles. The lowest BCUT2D eigenvalue weighted by Gasteiger charge is -2.33. The molecule has 118 valence electrons. The van der Waals surface area contributed by atoms with Crippen molar-refractivity contribution in [1.29, 1.82) is 0 Å². The van der Waals surface area contributed by atoms with Crippen LogP contribution in [-0.2, 0) is 20.9 Å². The van der Waals surface area contributed by atoms with Crippen LogP contribution in [0.4, 0.5) is 0 Å². The van der Waals surface area contributed by atoms with Gasteiger partial charge in [-0.15, -0.1) is 0 Å². The molecule has 21 heavy (non-hydrogen) atoms. The molecule has 0 saturated heterocycles. The van der Waals surface area contributed by atoms with Gasteiger partial charge < -0.3 is 20.6 Å². The molecule has 7 heteroatoms. The first-order valence-electron chi connectivity index (χ1n) is 6.81. The van der Waals surface area contributed by atoms with E-state index < -0.39 is 24.8 Å². The molecule has 0 fully saturated rings. The van der Waals surface area contributed by atoms with E-state index in [9.17, 15) is 19.1 Å². The van der Waals surface area contributed by atoms with Crippen molar-refractivity contribution in [3.8, 4) is 0 Å². The molecular formula is C14H22NO5P. The summed E-state index contributed by atoms with van der Waals surface area (Å²) in [6.45, 7) is 3.49. The SMILES string of the molecule is CCC(CC)(c1ccc(CC(N)C(=O)O)cc1)P(=O)(O)O. The minimum atomic E-state index is -4.31. The Morgan fingerprint density at radius 1 is 1.24 bits per heavy atom. The van der Waals surface area contributed by atoms with E-state index in [1.165, 1.54) is 0 Å². The maximum Gasteiger partial charge on any atom is 0.335 e. The van der Waals surface area contributed by atoms with Gasteiger partial charge in [0.15, 0.2) is 0 Å². The maximum absolute atomic E-state index is 11.9. The van der Waals surface area contributed by atoms with E-state index in [-0.39, 0.29) is 6.42 Å². The molecule has 0 aliphatic heterocycles. The van der Waals surface area contributed by atoms with E-state index in [0.29, 0.717) is 18.4 Å². The first-order valence-corrected chi connectivity index (χ1v) is 8.42. The molecule has 0 spiro atoms. The fourth-order valence-electron chi connectivity index (χ4n) is 2.53.